The second-order valence-corrected chi connectivity index (χ2v) is 8.76. The van der Waals surface area contributed by atoms with E-state index >= 15 is 0 Å². The molecule has 1 aliphatic rings. The molecule has 6 nitrogen and oxygen atoms in total. The molecule has 4 N–H and O–H groups in total. The van der Waals surface area contributed by atoms with Crippen molar-refractivity contribution in [2.24, 2.45) is 0 Å². The first-order valence-corrected chi connectivity index (χ1v) is 11.6. The fraction of sp³-hybridized carbons (Fsp3) is 0.308. The number of hydrogen-bond donors (Lipinski definition) is 4. The molecule has 10 heteroatoms. The Labute approximate surface area is 205 Å². The molecule has 0 atom stereocenters. The molecule has 1 saturated heterocycles. The summed E-state index contributed by atoms with van der Waals surface area (Å²) in [6, 6.07) is 10.3. The van der Waals surface area contributed by atoms with Crippen LogP contribution in [0.15, 0.2) is 54.7 Å². The van der Waals surface area contributed by atoms with Crippen LogP contribution in [0.3, 0.4) is 0 Å². The van der Waals surface area contributed by atoms with Crippen molar-refractivity contribution in [1.82, 2.24) is 20.9 Å². The van der Waals surface area contributed by atoms with Crippen LogP contribution in [0.25, 0.3) is 17.0 Å². The predicted molar refractivity (Wildman–Crippen MR) is 128 cm³/mol. The van der Waals surface area contributed by atoms with Crippen molar-refractivity contribution < 1.29 is 27.2 Å². The summed E-state index contributed by atoms with van der Waals surface area (Å²) in [5.74, 6) is -2.32. The molecule has 2 heterocycles. The van der Waals surface area contributed by atoms with E-state index in [2.05, 4.69) is 20.9 Å². The number of fused-ring (bicyclic) bond motifs is 1. The second-order valence-electron chi connectivity index (χ2n) is 8.76. The van der Waals surface area contributed by atoms with Crippen LogP contribution in [0.5, 0.6) is 0 Å². The molecule has 2 amide bonds. The van der Waals surface area contributed by atoms with Crippen molar-refractivity contribution in [2.75, 3.05) is 19.6 Å². The van der Waals surface area contributed by atoms with Gasteiger partial charge in [-0.3, -0.25) is 9.59 Å². The Morgan fingerprint density at radius 2 is 1.83 bits per heavy atom. The molecule has 2 aromatic carbocycles. The summed E-state index contributed by atoms with van der Waals surface area (Å²) in [6.07, 6.45) is 0.595. The number of para-hydroxylation sites is 1. The van der Waals surface area contributed by atoms with Crippen LogP contribution in [0.4, 0.5) is 17.6 Å². The van der Waals surface area contributed by atoms with Crippen LogP contribution < -0.4 is 16.0 Å². The van der Waals surface area contributed by atoms with Gasteiger partial charge in [0.05, 0.1) is 5.56 Å². The molecule has 4 rings (SSSR count). The quantitative estimate of drug-likeness (QED) is 0.292. The minimum atomic E-state index is -4.85. The molecule has 0 saturated carbocycles. The standard InChI is InChI=1S/C26H26F4N4O2/c27-21-7-5-17(15-20(21)26(28,29)30)6-8-23(35)34-25(10-13-31-14-11-25)24(36)32-12-9-18-16-33-22-4-2-1-3-19(18)22/h1-8,15-16,31,33H,9-14H2,(H,32,36)(H,34,35). The maximum absolute atomic E-state index is 13.5. The SMILES string of the molecule is O=C(C=Cc1ccc(F)c(C(F)(F)F)c1)NC1(C(=O)NCCc2c[nH]c3ccccc23)CCNCC1. The van der Waals surface area contributed by atoms with Gasteiger partial charge in [0.2, 0.25) is 11.8 Å². The van der Waals surface area contributed by atoms with Crippen LogP contribution in [0.1, 0.15) is 29.5 Å². The maximum atomic E-state index is 13.5. The highest BCUT2D eigenvalue weighted by Crippen LogP contribution is 2.32. The number of alkyl halides is 3. The number of rotatable bonds is 7. The van der Waals surface area contributed by atoms with Crippen molar-refractivity contribution in [1.29, 1.82) is 0 Å². The topological polar surface area (TPSA) is 86.0 Å². The van der Waals surface area contributed by atoms with E-state index in [1.807, 2.05) is 30.5 Å². The van der Waals surface area contributed by atoms with Gasteiger partial charge in [-0.2, -0.15) is 13.2 Å². The van der Waals surface area contributed by atoms with Gasteiger partial charge in [0.25, 0.3) is 0 Å². The third-order valence-electron chi connectivity index (χ3n) is 6.33. The molecule has 0 radical (unpaired) electrons. The summed E-state index contributed by atoms with van der Waals surface area (Å²) >= 11 is 0. The van der Waals surface area contributed by atoms with Gasteiger partial charge in [-0.25, -0.2) is 4.39 Å². The summed E-state index contributed by atoms with van der Waals surface area (Å²) in [7, 11) is 0. The molecule has 0 unspecified atom stereocenters. The number of aromatic amines is 1. The fourth-order valence-electron chi connectivity index (χ4n) is 4.39. The second kappa shape index (κ2) is 10.5. The third-order valence-corrected chi connectivity index (χ3v) is 6.33. The van der Waals surface area contributed by atoms with Crippen molar-refractivity contribution in [2.45, 2.75) is 31.0 Å². The molecule has 0 bridgehead atoms. The Balaban J connectivity index is 1.41. The van der Waals surface area contributed by atoms with E-state index in [-0.39, 0.29) is 11.5 Å². The molecule has 1 aromatic heterocycles. The molecule has 36 heavy (non-hydrogen) atoms. The Morgan fingerprint density at radius 1 is 1.08 bits per heavy atom. The molecule has 0 spiro atoms. The van der Waals surface area contributed by atoms with Crippen LogP contribution in [0.2, 0.25) is 0 Å². The van der Waals surface area contributed by atoms with E-state index in [1.54, 1.807) is 0 Å². The van der Waals surface area contributed by atoms with Crippen LogP contribution in [0, 0.1) is 5.82 Å². The molecule has 190 valence electrons. The van der Waals surface area contributed by atoms with Gasteiger partial charge in [-0.15, -0.1) is 0 Å². The lowest BCUT2D eigenvalue weighted by atomic mass is 9.87. The monoisotopic (exact) mass is 502 g/mol. The van der Waals surface area contributed by atoms with Gasteiger partial charge in [0.1, 0.15) is 11.4 Å². The number of piperidine rings is 1. The zero-order chi connectivity index (χ0) is 25.8. The van der Waals surface area contributed by atoms with Crippen LogP contribution in [-0.2, 0) is 22.2 Å². The fourth-order valence-corrected chi connectivity index (χ4v) is 4.39. The Hall–Kier alpha value is -3.66. The first-order valence-electron chi connectivity index (χ1n) is 11.6. The molecule has 1 aliphatic heterocycles. The van der Waals surface area contributed by atoms with Crippen molar-refractivity contribution in [3.63, 3.8) is 0 Å². The first kappa shape index (κ1) is 25.4. The van der Waals surface area contributed by atoms with Gasteiger partial charge in [-0.1, -0.05) is 24.3 Å². The minimum Gasteiger partial charge on any atom is -0.361 e. The summed E-state index contributed by atoms with van der Waals surface area (Å²) in [6.45, 7) is 1.41. The largest absolute Gasteiger partial charge is 0.419 e. The maximum Gasteiger partial charge on any atom is 0.419 e. The van der Waals surface area contributed by atoms with Crippen LogP contribution in [-0.4, -0.2) is 42.0 Å². The van der Waals surface area contributed by atoms with E-state index in [0.717, 1.165) is 34.7 Å². The van der Waals surface area contributed by atoms with Gasteiger partial charge < -0.3 is 20.9 Å². The average molecular weight is 503 g/mol. The number of hydrogen-bond acceptors (Lipinski definition) is 3. The highest BCUT2D eigenvalue weighted by molar-refractivity contribution is 5.97. The smallest absolute Gasteiger partial charge is 0.361 e. The molecular weight excluding hydrogens is 476 g/mol. The van der Waals surface area contributed by atoms with Crippen molar-refractivity contribution in [3.05, 3.63) is 77.2 Å². The first-order chi connectivity index (χ1) is 17.2. The number of benzene rings is 2. The number of amides is 2. The molecule has 0 aliphatic carbocycles. The Morgan fingerprint density at radius 3 is 2.58 bits per heavy atom. The number of H-pyrrole nitrogens is 1. The van der Waals surface area contributed by atoms with E-state index in [9.17, 15) is 27.2 Å². The zero-order valence-corrected chi connectivity index (χ0v) is 19.3. The normalized spacial score (nSPS) is 15.8. The van der Waals surface area contributed by atoms with Gasteiger partial charge in [0.15, 0.2) is 0 Å². The number of halogens is 4. The lowest BCUT2D eigenvalue weighted by Crippen LogP contribution is -2.62. The Kier molecular flexibility index (Phi) is 7.44. The van der Waals surface area contributed by atoms with Crippen molar-refractivity contribution in [3.8, 4) is 0 Å². The van der Waals surface area contributed by atoms with E-state index in [0.29, 0.717) is 51.0 Å². The van der Waals surface area contributed by atoms with Crippen molar-refractivity contribution >= 4 is 28.8 Å². The minimum absolute atomic E-state index is 0.0152. The third kappa shape index (κ3) is 5.76. The van der Waals surface area contributed by atoms with Gasteiger partial charge in [0, 0.05) is 29.7 Å². The zero-order valence-electron chi connectivity index (χ0n) is 19.3. The van der Waals surface area contributed by atoms with E-state index < -0.39 is 29.0 Å². The lowest BCUT2D eigenvalue weighted by molar-refractivity contribution is -0.140. The predicted octanol–water partition coefficient (Wildman–Crippen LogP) is 3.94. The average Bonchev–Trinajstić information content (AvgIpc) is 3.26. The van der Waals surface area contributed by atoms with Gasteiger partial charge >= 0.3 is 6.18 Å². The van der Waals surface area contributed by atoms with Crippen LogP contribution >= 0.6 is 0 Å². The van der Waals surface area contributed by atoms with Gasteiger partial charge in [-0.05, 0) is 67.8 Å². The Bertz CT molecular complexity index is 1280. The number of aromatic nitrogens is 1. The lowest BCUT2D eigenvalue weighted by Gasteiger charge is -2.36. The molecule has 1 fully saturated rings. The highest BCUT2D eigenvalue weighted by atomic mass is 19.4. The summed E-state index contributed by atoms with van der Waals surface area (Å²) in [5.41, 5.74) is -0.464. The number of nitrogens with one attached hydrogen (secondary N) is 4. The number of carbonyl (C=O) groups is 2. The van der Waals surface area contributed by atoms with E-state index in [1.165, 1.54) is 0 Å². The number of carbonyl (C=O) groups excluding carboxylic acids is 2. The van der Waals surface area contributed by atoms with E-state index in [4.69, 9.17) is 0 Å². The highest BCUT2D eigenvalue weighted by Gasteiger charge is 2.40. The molecule has 3 aromatic rings. The molecular formula is C26H26F4N4O2. The summed E-state index contributed by atoms with van der Waals surface area (Å²) in [4.78, 5) is 29.0. The summed E-state index contributed by atoms with van der Waals surface area (Å²) in [5, 5.41) is 9.91. The summed E-state index contributed by atoms with van der Waals surface area (Å²) < 4.78 is 52.4.